The number of anilines is 2. The van der Waals surface area contributed by atoms with Crippen molar-refractivity contribution < 1.29 is 13.2 Å². The van der Waals surface area contributed by atoms with Gasteiger partial charge in [0.1, 0.15) is 12.4 Å². The lowest BCUT2D eigenvalue weighted by Gasteiger charge is -2.23. The third-order valence-corrected chi connectivity index (χ3v) is 2.25. The molecule has 102 valence electrons. The van der Waals surface area contributed by atoms with Gasteiger partial charge in [-0.2, -0.15) is 18.2 Å². The molecule has 0 fully saturated rings. The second-order valence-corrected chi connectivity index (χ2v) is 3.85. The van der Waals surface area contributed by atoms with Crippen LogP contribution in [0.4, 0.5) is 24.9 Å². The minimum Gasteiger partial charge on any atom is -0.354 e. The molecule has 1 aromatic heterocycles. The largest absolute Gasteiger partial charge is 0.405 e. The minimum atomic E-state index is -4.24. The van der Waals surface area contributed by atoms with Gasteiger partial charge in [-0.25, -0.2) is 4.98 Å². The van der Waals surface area contributed by atoms with Crippen LogP contribution in [-0.4, -0.2) is 35.8 Å². The fourth-order valence-electron chi connectivity index (χ4n) is 1.52. The molecule has 1 aromatic rings. The average Bonchev–Trinajstić information content (AvgIpc) is 2.24. The van der Waals surface area contributed by atoms with Gasteiger partial charge in [-0.3, -0.25) is 0 Å². The third kappa shape index (κ3) is 4.38. The number of alkyl halides is 3. The predicted molar refractivity (Wildman–Crippen MR) is 64.9 cm³/mol. The van der Waals surface area contributed by atoms with Crippen molar-refractivity contribution in [3.05, 3.63) is 11.8 Å². The van der Waals surface area contributed by atoms with Crippen LogP contribution in [0, 0.1) is 6.92 Å². The summed E-state index contributed by atoms with van der Waals surface area (Å²) in [5, 5.41) is 2.90. The van der Waals surface area contributed by atoms with Crippen molar-refractivity contribution >= 4 is 11.8 Å². The molecule has 0 radical (unpaired) electrons. The van der Waals surface area contributed by atoms with Crippen LogP contribution in [0.2, 0.25) is 0 Å². The van der Waals surface area contributed by atoms with Gasteiger partial charge in [0.25, 0.3) is 0 Å². The molecule has 1 rings (SSSR count). The Morgan fingerprint density at radius 2 is 1.94 bits per heavy atom. The fourth-order valence-corrected chi connectivity index (χ4v) is 1.52. The summed E-state index contributed by atoms with van der Waals surface area (Å²) in [5.74, 6) is 0.645. The van der Waals surface area contributed by atoms with Gasteiger partial charge >= 0.3 is 6.18 Å². The maximum atomic E-state index is 12.4. The molecule has 0 spiro atoms. The van der Waals surface area contributed by atoms with Crippen LogP contribution in [0.15, 0.2) is 6.07 Å². The van der Waals surface area contributed by atoms with Gasteiger partial charge in [0, 0.05) is 24.8 Å². The average molecular weight is 262 g/mol. The Kier molecular flexibility index (Phi) is 4.75. The van der Waals surface area contributed by atoms with Gasteiger partial charge in [-0.1, -0.05) is 0 Å². The first-order valence-corrected chi connectivity index (χ1v) is 5.77. The summed E-state index contributed by atoms with van der Waals surface area (Å²) in [6, 6.07) is 1.55. The zero-order valence-corrected chi connectivity index (χ0v) is 10.7. The van der Waals surface area contributed by atoms with Crippen molar-refractivity contribution in [1.82, 2.24) is 9.97 Å². The Morgan fingerprint density at radius 3 is 2.44 bits per heavy atom. The summed E-state index contributed by atoms with van der Waals surface area (Å²) < 4.78 is 37.3. The Morgan fingerprint density at radius 1 is 1.28 bits per heavy atom. The molecule has 0 aliphatic carbocycles. The van der Waals surface area contributed by atoms with Gasteiger partial charge < -0.3 is 10.2 Å². The van der Waals surface area contributed by atoms with Crippen LogP contribution in [0.25, 0.3) is 0 Å². The van der Waals surface area contributed by atoms with E-state index in [0.29, 0.717) is 24.0 Å². The van der Waals surface area contributed by atoms with Crippen molar-refractivity contribution in [1.29, 1.82) is 0 Å². The van der Waals surface area contributed by atoms with Gasteiger partial charge in [0.15, 0.2) is 0 Å². The molecule has 0 aliphatic rings. The second-order valence-electron chi connectivity index (χ2n) is 3.85. The maximum Gasteiger partial charge on any atom is 0.405 e. The first kappa shape index (κ1) is 14.5. The van der Waals surface area contributed by atoms with E-state index in [1.54, 1.807) is 19.9 Å². The van der Waals surface area contributed by atoms with Crippen molar-refractivity contribution in [3.8, 4) is 0 Å². The topological polar surface area (TPSA) is 41.1 Å². The number of nitrogens with one attached hydrogen (secondary N) is 1. The number of rotatable bonds is 5. The molecule has 1 N–H and O–H groups in total. The van der Waals surface area contributed by atoms with E-state index in [0.717, 1.165) is 0 Å². The molecule has 0 bridgehead atoms. The highest BCUT2D eigenvalue weighted by atomic mass is 19.4. The van der Waals surface area contributed by atoms with E-state index in [-0.39, 0.29) is 6.54 Å². The third-order valence-electron chi connectivity index (χ3n) is 2.25. The van der Waals surface area contributed by atoms with Crippen LogP contribution in [0.5, 0.6) is 0 Å². The normalized spacial score (nSPS) is 11.4. The van der Waals surface area contributed by atoms with Crippen LogP contribution in [0.1, 0.15) is 19.5 Å². The van der Waals surface area contributed by atoms with Crippen LogP contribution in [0.3, 0.4) is 0 Å². The highest BCUT2D eigenvalue weighted by Crippen LogP contribution is 2.21. The zero-order valence-electron chi connectivity index (χ0n) is 10.7. The summed E-state index contributed by atoms with van der Waals surface area (Å²) in [6.07, 6.45) is -4.24. The highest BCUT2D eigenvalue weighted by Gasteiger charge is 2.31. The maximum absolute atomic E-state index is 12.4. The molecule has 18 heavy (non-hydrogen) atoms. The van der Waals surface area contributed by atoms with Gasteiger partial charge in [-0.05, 0) is 20.8 Å². The van der Waals surface area contributed by atoms with Crippen LogP contribution in [-0.2, 0) is 0 Å². The molecule has 0 aromatic carbocycles. The van der Waals surface area contributed by atoms with Crippen molar-refractivity contribution in [3.63, 3.8) is 0 Å². The van der Waals surface area contributed by atoms with Gasteiger partial charge in [0.05, 0.1) is 0 Å². The van der Waals surface area contributed by atoms with Crippen LogP contribution >= 0.6 is 0 Å². The van der Waals surface area contributed by atoms with Crippen molar-refractivity contribution in [2.45, 2.75) is 26.9 Å². The molecule has 0 saturated carbocycles. The molecule has 7 heteroatoms. The Labute approximate surface area is 104 Å². The fraction of sp³-hybridized carbons (Fsp3) is 0.636. The molecular formula is C11H17F3N4. The molecular weight excluding hydrogens is 245 g/mol. The summed E-state index contributed by atoms with van der Waals surface area (Å²) in [6.45, 7) is 5.11. The first-order valence-electron chi connectivity index (χ1n) is 5.77. The zero-order chi connectivity index (χ0) is 13.8. The Bertz CT molecular complexity index is 392. The van der Waals surface area contributed by atoms with Crippen molar-refractivity contribution in [2.75, 3.05) is 29.9 Å². The van der Waals surface area contributed by atoms with E-state index in [2.05, 4.69) is 15.3 Å². The molecule has 0 amide bonds. The highest BCUT2D eigenvalue weighted by molar-refractivity contribution is 5.44. The molecule has 0 saturated heterocycles. The lowest BCUT2D eigenvalue weighted by atomic mass is 10.3. The van der Waals surface area contributed by atoms with E-state index in [9.17, 15) is 13.2 Å². The van der Waals surface area contributed by atoms with E-state index in [1.807, 2.05) is 6.92 Å². The summed E-state index contributed by atoms with van der Waals surface area (Å²) in [7, 11) is 0. The first-order chi connectivity index (χ1) is 8.35. The lowest BCUT2D eigenvalue weighted by Crippen LogP contribution is -2.34. The standard InChI is InChI=1S/C11H17F3N4/c1-4-15-10-16-8(3)6-9(17-10)18(5-2)7-11(12,13)14/h6H,4-5,7H2,1-3H3,(H,15,16,17). The predicted octanol–water partition coefficient (Wildman–Crippen LogP) is 2.61. The van der Waals surface area contributed by atoms with Crippen molar-refractivity contribution in [2.24, 2.45) is 0 Å². The summed E-state index contributed by atoms with van der Waals surface area (Å²) in [4.78, 5) is 9.37. The summed E-state index contributed by atoms with van der Waals surface area (Å²) >= 11 is 0. The molecule has 1 heterocycles. The number of hydrogen-bond donors (Lipinski definition) is 1. The number of nitrogens with zero attached hydrogens (tertiary/aromatic N) is 3. The number of hydrogen-bond acceptors (Lipinski definition) is 4. The number of aromatic nitrogens is 2. The monoisotopic (exact) mass is 262 g/mol. The number of aryl methyl sites for hydroxylation is 1. The molecule has 4 nitrogen and oxygen atoms in total. The number of halogens is 3. The minimum absolute atomic E-state index is 0.238. The second kappa shape index (κ2) is 5.88. The van der Waals surface area contributed by atoms with Crippen LogP contribution < -0.4 is 10.2 Å². The van der Waals surface area contributed by atoms with E-state index < -0.39 is 12.7 Å². The molecule has 0 atom stereocenters. The lowest BCUT2D eigenvalue weighted by molar-refractivity contribution is -0.119. The van der Waals surface area contributed by atoms with Gasteiger partial charge in [0.2, 0.25) is 5.95 Å². The van der Waals surface area contributed by atoms with E-state index in [4.69, 9.17) is 0 Å². The van der Waals surface area contributed by atoms with E-state index >= 15 is 0 Å². The quantitative estimate of drug-likeness (QED) is 0.885. The molecule has 0 unspecified atom stereocenters. The van der Waals surface area contributed by atoms with Gasteiger partial charge in [-0.15, -0.1) is 0 Å². The smallest absolute Gasteiger partial charge is 0.354 e. The SMILES string of the molecule is CCNc1nc(C)cc(N(CC)CC(F)(F)F)n1. The van der Waals surface area contributed by atoms with E-state index in [1.165, 1.54) is 4.90 Å². The Hall–Kier alpha value is -1.53. The molecule has 0 aliphatic heterocycles. The summed E-state index contributed by atoms with van der Waals surface area (Å²) in [5.41, 5.74) is 0.636. The Balaban J connectivity index is 2.98.